The smallest absolute Gasteiger partial charge is 0.337 e. The van der Waals surface area contributed by atoms with Crippen molar-refractivity contribution >= 4 is 15.8 Å². The molecule has 2 rings (SSSR count). The predicted molar refractivity (Wildman–Crippen MR) is 67.8 cm³/mol. The summed E-state index contributed by atoms with van der Waals surface area (Å²) in [5, 5.41) is 9.10. The van der Waals surface area contributed by atoms with E-state index >= 15 is 0 Å². The largest absolute Gasteiger partial charge is 0.478 e. The Morgan fingerprint density at radius 2 is 2.06 bits per heavy atom. The van der Waals surface area contributed by atoms with Crippen LogP contribution in [-0.2, 0) is 15.4 Å². The van der Waals surface area contributed by atoms with Crippen molar-refractivity contribution in [2.45, 2.75) is 32.7 Å². The molecular formula is C12H17NO4S. The molecule has 1 aliphatic rings. The third-order valence-corrected chi connectivity index (χ3v) is 5.57. The van der Waals surface area contributed by atoms with Gasteiger partial charge in [-0.1, -0.05) is 0 Å². The van der Waals surface area contributed by atoms with Crippen LogP contribution in [-0.4, -0.2) is 35.6 Å². The minimum absolute atomic E-state index is 0.0788. The van der Waals surface area contributed by atoms with Crippen LogP contribution in [0.5, 0.6) is 0 Å². The lowest BCUT2D eigenvalue weighted by atomic mass is 10.0. The number of sulfone groups is 1. The normalized spacial score (nSPS) is 26.4. The zero-order chi connectivity index (χ0) is 13.7. The average Bonchev–Trinajstić information content (AvgIpc) is 2.65. The summed E-state index contributed by atoms with van der Waals surface area (Å²) < 4.78 is 25.2. The molecule has 1 fully saturated rings. The Kier molecular flexibility index (Phi) is 2.81. The van der Waals surface area contributed by atoms with Gasteiger partial charge in [0.05, 0.1) is 22.6 Å². The van der Waals surface area contributed by atoms with Crippen LogP contribution in [0.1, 0.15) is 35.1 Å². The van der Waals surface area contributed by atoms with E-state index in [1.807, 2.05) is 18.4 Å². The van der Waals surface area contributed by atoms with Gasteiger partial charge in [0.15, 0.2) is 9.84 Å². The topological polar surface area (TPSA) is 76.4 Å². The van der Waals surface area contributed by atoms with Crippen molar-refractivity contribution in [1.29, 1.82) is 0 Å². The number of rotatable bonds is 2. The van der Waals surface area contributed by atoms with E-state index in [0.29, 0.717) is 12.1 Å². The fourth-order valence-electron chi connectivity index (χ4n) is 2.98. The zero-order valence-electron chi connectivity index (χ0n) is 10.7. The Morgan fingerprint density at radius 3 is 2.44 bits per heavy atom. The molecule has 1 aromatic heterocycles. The zero-order valence-corrected chi connectivity index (χ0v) is 11.5. The average molecular weight is 271 g/mol. The van der Waals surface area contributed by atoms with Crippen molar-refractivity contribution in [3.8, 4) is 0 Å². The van der Waals surface area contributed by atoms with Crippen LogP contribution in [0, 0.1) is 13.8 Å². The molecule has 5 nitrogen and oxygen atoms in total. The van der Waals surface area contributed by atoms with Crippen LogP contribution in [0.15, 0.2) is 6.07 Å². The molecule has 1 atom stereocenters. The summed E-state index contributed by atoms with van der Waals surface area (Å²) in [6, 6.07) is 1.61. The summed E-state index contributed by atoms with van der Waals surface area (Å²) in [5.74, 6) is -0.725. The molecule has 0 saturated carbocycles. The number of hydrogen-bond donors (Lipinski definition) is 1. The van der Waals surface area contributed by atoms with E-state index in [9.17, 15) is 13.2 Å². The van der Waals surface area contributed by atoms with Gasteiger partial charge in [0, 0.05) is 11.4 Å². The number of carboxylic acid groups (broad SMARTS) is 1. The second kappa shape index (κ2) is 3.85. The number of nitrogens with zero attached hydrogens (tertiary/aromatic N) is 1. The van der Waals surface area contributed by atoms with Gasteiger partial charge in [-0.25, -0.2) is 13.2 Å². The second-order valence-corrected chi connectivity index (χ2v) is 7.45. The third kappa shape index (κ3) is 1.94. The number of aromatic nitrogens is 1. The molecule has 1 saturated heterocycles. The Bertz CT molecular complexity index is 614. The highest BCUT2D eigenvalue weighted by molar-refractivity contribution is 7.91. The predicted octanol–water partition coefficient (Wildman–Crippen LogP) is 1.34. The van der Waals surface area contributed by atoms with Crippen LogP contribution >= 0.6 is 0 Å². The lowest BCUT2D eigenvalue weighted by Crippen LogP contribution is -2.33. The first-order chi connectivity index (χ1) is 8.16. The van der Waals surface area contributed by atoms with Crippen molar-refractivity contribution in [2.75, 3.05) is 11.5 Å². The maximum Gasteiger partial charge on any atom is 0.337 e. The molecule has 100 valence electrons. The molecule has 1 unspecified atom stereocenters. The van der Waals surface area contributed by atoms with Gasteiger partial charge in [-0.3, -0.25) is 0 Å². The highest BCUT2D eigenvalue weighted by atomic mass is 32.2. The standard InChI is InChI=1S/C12H17NO4S/c1-8-6-10(11(14)15)9(2)13(8)12(3)4-5-18(16,17)7-12/h6H,4-5,7H2,1-3H3,(H,14,15). The van der Waals surface area contributed by atoms with Crippen LogP contribution in [0.2, 0.25) is 0 Å². The molecule has 2 heterocycles. The first-order valence-electron chi connectivity index (χ1n) is 5.79. The Hall–Kier alpha value is -1.30. The van der Waals surface area contributed by atoms with Crippen LogP contribution in [0.25, 0.3) is 0 Å². The molecule has 0 radical (unpaired) electrons. The SMILES string of the molecule is Cc1cc(C(=O)O)c(C)n1C1(C)CCS(=O)(=O)C1. The maximum absolute atomic E-state index is 11.7. The Morgan fingerprint density at radius 1 is 1.44 bits per heavy atom. The highest BCUT2D eigenvalue weighted by Crippen LogP contribution is 2.34. The van der Waals surface area contributed by atoms with Crippen LogP contribution < -0.4 is 0 Å². The first kappa shape index (κ1) is 13.1. The molecule has 6 heteroatoms. The maximum atomic E-state index is 11.7. The van der Waals surface area contributed by atoms with E-state index in [0.717, 1.165) is 5.69 Å². The van der Waals surface area contributed by atoms with Crippen molar-refractivity contribution in [2.24, 2.45) is 0 Å². The number of aryl methyl sites for hydroxylation is 1. The summed E-state index contributed by atoms with van der Waals surface area (Å²) in [4.78, 5) is 11.1. The van der Waals surface area contributed by atoms with Gasteiger partial charge < -0.3 is 9.67 Å². The number of aromatic carboxylic acids is 1. The first-order valence-corrected chi connectivity index (χ1v) is 7.62. The molecular weight excluding hydrogens is 254 g/mol. The Balaban J connectivity index is 2.56. The lowest BCUT2D eigenvalue weighted by molar-refractivity contribution is 0.0695. The van der Waals surface area contributed by atoms with Gasteiger partial charge in [0.2, 0.25) is 0 Å². The van der Waals surface area contributed by atoms with Crippen molar-refractivity contribution < 1.29 is 18.3 Å². The summed E-state index contributed by atoms with van der Waals surface area (Å²) in [5.41, 5.74) is 1.14. The van der Waals surface area contributed by atoms with E-state index in [1.54, 1.807) is 13.0 Å². The van der Waals surface area contributed by atoms with Crippen molar-refractivity contribution in [3.05, 3.63) is 23.0 Å². The van der Waals surface area contributed by atoms with E-state index < -0.39 is 21.3 Å². The molecule has 18 heavy (non-hydrogen) atoms. The van der Waals surface area contributed by atoms with Crippen LogP contribution in [0.4, 0.5) is 0 Å². The molecule has 0 spiro atoms. The number of carbonyl (C=O) groups is 1. The molecule has 0 amide bonds. The molecule has 0 aliphatic carbocycles. The number of hydrogen-bond acceptors (Lipinski definition) is 3. The molecule has 0 aromatic carbocycles. The summed E-state index contributed by atoms with van der Waals surface area (Å²) >= 11 is 0. The van der Waals surface area contributed by atoms with E-state index in [-0.39, 0.29) is 17.1 Å². The van der Waals surface area contributed by atoms with Gasteiger partial charge >= 0.3 is 5.97 Å². The summed E-state index contributed by atoms with van der Waals surface area (Å²) in [6.07, 6.45) is 0.532. The monoisotopic (exact) mass is 271 g/mol. The van der Waals surface area contributed by atoms with E-state index in [2.05, 4.69) is 0 Å². The van der Waals surface area contributed by atoms with Crippen LogP contribution in [0.3, 0.4) is 0 Å². The van der Waals surface area contributed by atoms with Gasteiger partial charge in [-0.2, -0.15) is 0 Å². The molecule has 1 aliphatic heterocycles. The van der Waals surface area contributed by atoms with Gasteiger partial charge in [0.25, 0.3) is 0 Å². The van der Waals surface area contributed by atoms with E-state index in [4.69, 9.17) is 5.11 Å². The third-order valence-electron chi connectivity index (χ3n) is 3.68. The fourth-order valence-corrected chi connectivity index (χ4v) is 5.10. The van der Waals surface area contributed by atoms with E-state index in [1.165, 1.54) is 0 Å². The van der Waals surface area contributed by atoms with Crippen molar-refractivity contribution in [3.63, 3.8) is 0 Å². The molecule has 1 N–H and O–H groups in total. The fraction of sp³-hybridized carbons (Fsp3) is 0.583. The highest BCUT2D eigenvalue weighted by Gasteiger charge is 2.41. The summed E-state index contributed by atoms with van der Waals surface area (Å²) in [6.45, 7) is 5.42. The quantitative estimate of drug-likeness (QED) is 0.880. The van der Waals surface area contributed by atoms with Gasteiger partial charge in [-0.15, -0.1) is 0 Å². The molecule has 0 bridgehead atoms. The molecule has 1 aromatic rings. The number of carboxylic acids is 1. The summed E-state index contributed by atoms with van der Waals surface area (Å²) in [7, 11) is -3.01. The minimum Gasteiger partial charge on any atom is -0.478 e. The van der Waals surface area contributed by atoms with Crippen molar-refractivity contribution in [1.82, 2.24) is 4.57 Å². The lowest BCUT2D eigenvalue weighted by Gasteiger charge is -2.28. The van der Waals surface area contributed by atoms with Gasteiger partial charge in [-0.05, 0) is 33.3 Å². The van der Waals surface area contributed by atoms with Gasteiger partial charge in [0.1, 0.15) is 0 Å². The minimum atomic E-state index is -3.01. The second-order valence-electron chi connectivity index (χ2n) is 5.26. The Labute approximate surface area is 106 Å².